The number of ether oxygens (including phenoxy) is 2. The predicted molar refractivity (Wildman–Crippen MR) is 153 cm³/mol. The SMILES string of the molecule is COc1ccc([C@H]2C[C@@H]2C(=O)O)cc1-c1ccc(N2CC(F)(F)C2)nc1CN1C(=O)OC(c2cc(C(F)(F)F)cc(C(F)(F)F)c2)[C@@H]1C. The van der Waals surface area contributed by atoms with Gasteiger partial charge in [-0.1, -0.05) is 6.07 Å². The second-order valence-electron chi connectivity index (χ2n) is 12.1. The molecule has 2 aromatic carbocycles. The number of rotatable bonds is 8. The van der Waals surface area contributed by atoms with Gasteiger partial charge in [0.1, 0.15) is 17.7 Å². The van der Waals surface area contributed by atoms with E-state index < -0.39 is 78.2 Å². The molecule has 8 nitrogen and oxygen atoms in total. The molecule has 6 rings (SSSR count). The molecule has 0 radical (unpaired) electrons. The average Bonchev–Trinajstić information content (AvgIpc) is 3.76. The molecule has 1 N–H and O–H groups in total. The first kappa shape index (κ1) is 33.3. The third-order valence-electron chi connectivity index (χ3n) is 8.83. The van der Waals surface area contributed by atoms with Crippen LogP contribution in [0.4, 0.5) is 45.7 Å². The van der Waals surface area contributed by atoms with Gasteiger partial charge in [0.05, 0.1) is 55.5 Å². The number of halogens is 8. The van der Waals surface area contributed by atoms with Gasteiger partial charge in [-0.2, -0.15) is 26.3 Å². The predicted octanol–water partition coefficient (Wildman–Crippen LogP) is 7.52. The van der Waals surface area contributed by atoms with E-state index in [1.54, 1.807) is 24.3 Å². The first-order valence-corrected chi connectivity index (χ1v) is 14.7. The fourth-order valence-corrected chi connectivity index (χ4v) is 6.17. The van der Waals surface area contributed by atoms with Crippen LogP contribution in [0.1, 0.15) is 53.3 Å². The van der Waals surface area contributed by atoms with Crippen LogP contribution in [0.5, 0.6) is 5.75 Å². The van der Waals surface area contributed by atoms with Gasteiger partial charge in [0.15, 0.2) is 0 Å². The Kier molecular flexibility index (Phi) is 7.98. The lowest BCUT2D eigenvalue weighted by Gasteiger charge is -2.39. The van der Waals surface area contributed by atoms with Gasteiger partial charge in [0, 0.05) is 11.1 Å². The second-order valence-corrected chi connectivity index (χ2v) is 12.1. The maximum atomic E-state index is 13.7. The molecule has 1 unspecified atom stereocenters. The number of carbonyl (C=O) groups is 2. The molecule has 3 aromatic rings. The number of methoxy groups -OCH3 is 1. The molecule has 3 aliphatic rings. The third kappa shape index (κ3) is 6.31. The Morgan fingerprint density at radius 3 is 2.17 bits per heavy atom. The summed E-state index contributed by atoms with van der Waals surface area (Å²) >= 11 is 0. The van der Waals surface area contributed by atoms with Crippen molar-refractivity contribution in [2.45, 2.75) is 56.2 Å². The minimum Gasteiger partial charge on any atom is -0.496 e. The molecule has 3 fully saturated rings. The van der Waals surface area contributed by atoms with Gasteiger partial charge in [-0.3, -0.25) is 9.69 Å². The highest BCUT2D eigenvalue weighted by molar-refractivity contribution is 5.78. The smallest absolute Gasteiger partial charge is 0.416 e. The Hall–Kier alpha value is -4.63. The molecule has 0 bridgehead atoms. The highest BCUT2D eigenvalue weighted by Gasteiger charge is 2.47. The van der Waals surface area contributed by atoms with Crippen LogP contribution in [0.2, 0.25) is 0 Å². The van der Waals surface area contributed by atoms with Crippen LogP contribution >= 0.6 is 0 Å². The van der Waals surface area contributed by atoms with Crippen molar-refractivity contribution >= 4 is 17.9 Å². The Labute approximate surface area is 267 Å². The number of cyclic esters (lactones) is 1. The molecule has 16 heteroatoms. The maximum Gasteiger partial charge on any atom is 0.416 e. The number of aromatic nitrogens is 1. The minimum atomic E-state index is -5.12. The highest BCUT2D eigenvalue weighted by Crippen LogP contribution is 2.50. The molecule has 1 aromatic heterocycles. The summed E-state index contributed by atoms with van der Waals surface area (Å²) in [4.78, 5) is 31.6. The fourth-order valence-electron chi connectivity index (χ4n) is 6.17. The zero-order valence-electron chi connectivity index (χ0n) is 25.2. The Bertz CT molecular complexity index is 1740. The van der Waals surface area contributed by atoms with E-state index in [0.29, 0.717) is 41.0 Å². The zero-order valence-corrected chi connectivity index (χ0v) is 25.2. The van der Waals surface area contributed by atoms with Crippen molar-refractivity contribution in [3.8, 4) is 16.9 Å². The number of hydrogen-bond donors (Lipinski definition) is 1. The summed E-state index contributed by atoms with van der Waals surface area (Å²) in [5, 5.41) is 9.43. The van der Waals surface area contributed by atoms with E-state index in [1.165, 1.54) is 25.0 Å². The lowest BCUT2D eigenvalue weighted by Crippen LogP contribution is -2.56. The topological polar surface area (TPSA) is 92.2 Å². The van der Waals surface area contributed by atoms with Gasteiger partial charge in [-0.15, -0.1) is 0 Å². The van der Waals surface area contributed by atoms with Crippen molar-refractivity contribution < 1.29 is 59.3 Å². The molecule has 1 amide bonds. The number of carbonyl (C=O) groups excluding carboxylic acids is 1. The van der Waals surface area contributed by atoms with Crippen molar-refractivity contribution in [2.75, 3.05) is 25.1 Å². The molecular formula is C32H27F8N3O5. The number of carboxylic acids is 1. The number of aliphatic carboxylic acids is 1. The summed E-state index contributed by atoms with van der Waals surface area (Å²) in [6, 6.07) is 8.01. The van der Waals surface area contributed by atoms with E-state index >= 15 is 0 Å². The fraction of sp³-hybridized carbons (Fsp3) is 0.406. The summed E-state index contributed by atoms with van der Waals surface area (Å²) < 4.78 is 120. The van der Waals surface area contributed by atoms with E-state index in [-0.39, 0.29) is 30.0 Å². The van der Waals surface area contributed by atoms with Crippen molar-refractivity contribution in [1.82, 2.24) is 9.88 Å². The quantitative estimate of drug-likeness (QED) is 0.245. The van der Waals surface area contributed by atoms with Gasteiger partial charge in [-0.05, 0) is 72.9 Å². The Morgan fingerprint density at radius 2 is 1.62 bits per heavy atom. The van der Waals surface area contributed by atoms with Gasteiger partial charge in [-0.25, -0.2) is 18.6 Å². The minimum absolute atomic E-state index is 0.0223. The summed E-state index contributed by atoms with van der Waals surface area (Å²) in [6.45, 7) is -0.208. The summed E-state index contributed by atoms with van der Waals surface area (Å²) in [6.07, 6.45) is -12.4. The number of amides is 1. The first-order chi connectivity index (χ1) is 22.4. The monoisotopic (exact) mass is 685 g/mol. The maximum absolute atomic E-state index is 13.7. The summed E-state index contributed by atoms with van der Waals surface area (Å²) in [5.41, 5.74) is -1.99. The van der Waals surface area contributed by atoms with Crippen molar-refractivity contribution in [2.24, 2.45) is 5.92 Å². The number of anilines is 1. The van der Waals surface area contributed by atoms with Crippen LogP contribution in [0.3, 0.4) is 0 Å². The lowest BCUT2D eigenvalue weighted by molar-refractivity contribution is -0.143. The van der Waals surface area contributed by atoms with Crippen LogP contribution < -0.4 is 9.64 Å². The van der Waals surface area contributed by atoms with Gasteiger partial charge >= 0.3 is 24.4 Å². The molecule has 2 aliphatic heterocycles. The largest absolute Gasteiger partial charge is 0.496 e. The molecular weight excluding hydrogens is 658 g/mol. The first-order valence-electron chi connectivity index (χ1n) is 14.7. The van der Waals surface area contributed by atoms with Crippen LogP contribution in [0, 0.1) is 5.92 Å². The van der Waals surface area contributed by atoms with Gasteiger partial charge < -0.3 is 19.5 Å². The summed E-state index contributed by atoms with van der Waals surface area (Å²) in [5.74, 6) is -4.25. The van der Waals surface area contributed by atoms with E-state index in [2.05, 4.69) is 4.98 Å². The molecule has 3 heterocycles. The molecule has 2 saturated heterocycles. The number of pyridine rings is 1. The molecule has 256 valence electrons. The highest BCUT2D eigenvalue weighted by atomic mass is 19.4. The van der Waals surface area contributed by atoms with Gasteiger partial charge in [0.25, 0.3) is 5.92 Å². The molecule has 1 saturated carbocycles. The zero-order chi connectivity index (χ0) is 34.9. The van der Waals surface area contributed by atoms with Crippen LogP contribution in [0.25, 0.3) is 11.1 Å². The number of nitrogens with zero attached hydrogens (tertiary/aromatic N) is 3. The van der Waals surface area contributed by atoms with Crippen LogP contribution in [-0.4, -0.2) is 59.2 Å². The van der Waals surface area contributed by atoms with Crippen molar-refractivity contribution in [3.05, 3.63) is 76.5 Å². The Balaban J connectivity index is 1.38. The molecule has 1 aliphatic carbocycles. The van der Waals surface area contributed by atoms with Crippen molar-refractivity contribution in [3.63, 3.8) is 0 Å². The van der Waals surface area contributed by atoms with E-state index in [4.69, 9.17) is 9.47 Å². The number of carboxylic acid groups (broad SMARTS) is 1. The lowest BCUT2D eigenvalue weighted by atomic mass is 9.96. The normalized spacial score (nSPS) is 23.5. The standard InChI is InChI=1S/C32H27F8N3O5/c1-15-27(17-7-18(31(35,36)37)10-19(8-17)32(38,39)40)48-29(46)43(15)12-24-20(4-6-26(41-24)42-13-30(33,34)14-42)22-9-16(3-5-25(22)47-2)21-11-23(21)28(44)45/h3-10,15,21,23,27H,11-14H2,1-2H3,(H,44,45)/t15-,21+,23-,27?/m0/s1. The number of hydrogen-bond acceptors (Lipinski definition) is 6. The van der Waals surface area contributed by atoms with Crippen LogP contribution in [0.15, 0.2) is 48.5 Å². The molecule has 4 atom stereocenters. The van der Waals surface area contributed by atoms with E-state index in [0.717, 1.165) is 4.90 Å². The summed E-state index contributed by atoms with van der Waals surface area (Å²) in [7, 11) is 1.40. The van der Waals surface area contributed by atoms with Crippen LogP contribution in [-0.2, 0) is 28.4 Å². The molecule has 48 heavy (non-hydrogen) atoms. The number of benzene rings is 2. The van der Waals surface area contributed by atoms with Gasteiger partial charge in [0.2, 0.25) is 0 Å². The van der Waals surface area contributed by atoms with Crippen molar-refractivity contribution in [1.29, 1.82) is 0 Å². The molecule has 0 spiro atoms. The third-order valence-corrected chi connectivity index (χ3v) is 8.83. The van der Waals surface area contributed by atoms with E-state index in [9.17, 15) is 49.8 Å². The average molecular weight is 686 g/mol. The Morgan fingerprint density at radius 1 is 0.979 bits per heavy atom. The van der Waals surface area contributed by atoms with E-state index in [1.807, 2.05) is 0 Å². The second kappa shape index (κ2) is 11.5. The number of alkyl halides is 8.